The first-order chi connectivity index (χ1) is 6.35. The van der Waals surface area contributed by atoms with Crippen LogP contribution in [-0.2, 0) is 0 Å². The molecule has 72 valence electrons. The highest BCUT2D eigenvalue weighted by Gasteiger charge is 2.23. The molecule has 13 heavy (non-hydrogen) atoms. The van der Waals surface area contributed by atoms with Gasteiger partial charge in [-0.2, -0.15) is 0 Å². The van der Waals surface area contributed by atoms with Crippen LogP contribution in [0.3, 0.4) is 0 Å². The highest BCUT2D eigenvalue weighted by Crippen LogP contribution is 2.37. The average molecular weight is 182 g/mol. The molecule has 0 aliphatic heterocycles. The minimum absolute atomic E-state index is 0.854. The first-order valence-electron chi connectivity index (χ1n) is 4.57. The van der Waals surface area contributed by atoms with Crippen LogP contribution in [0.4, 0.5) is 0 Å². The lowest BCUT2D eigenvalue weighted by atomic mass is 9.83. The Morgan fingerprint density at radius 1 is 0.769 bits per heavy atom. The van der Waals surface area contributed by atoms with E-state index >= 15 is 0 Å². The zero-order chi connectivity index (χ0) is 9.26. The van der Waals surface area contributed by atoms with Crippen molar-refractivity contribution in [3.8, 4) is 0 Å². The topological polar surface area (TPSA) is 64.5 Å². The van der Waals surface area contributed by atoms with Gasteiger partial charge >= 0.3 is 0 Å². The molecule has 4 N–H and O–H groups in total. The third-order valence-electron chi connectivity index (χ3n) is 2.90. The number of hydroxylamine groups is 2. The fourth-order valence-corrected chi connectivity index (χ4v) is 2.12. The summed E-state index contributed by atoms with van der Waals surface area (Å²) >= 11 is 0. The van der Waals surface area contributed by atoms with E-state index < -0.39 is 0 Å². The summed E-state index contributed by atoms with van der Waals surface area (Å²) in [5.74, 6) is 0. The Bertz CT molecular complexity index is 253. The van der Waals surface area contributed by atoms with E-state index in [0.717, 1.165) is 43.5 Å². The van der Waals surface area contributed by atoms with Crippen LogP contribution >= 0.6 is 0 Å². The van der Waals surface area contributed by atoms with Crippen molar-refractivity contribution in [3.05, 3.63) is 22.5 Å². The highest BCUT2D eigenvalue weighted by atomic mass is 16.5. The van der Waals surface area contributed by atoms with E-state index in [1.807, 2.05) is 0 Å². The third kappa shape index (κ3) is 1.43. The van der Waals surface area contributed by atoms with Crippen LogP contribution in [-0.4, -0.2) is 10.4 Å². The normalized spacial score (nSPS) is 22.0. The molecule has 4 nitrogen and oxygen atoms in total. The van der Waals surface area contributed by atoms with Crippen molar-refractivity contribution in [3.63, 3.8) is 0 Å². The van der Waals surface area contributed by atoms with Crippen molar-refractivity contribution in [2.45, 2.75) is 32.1 Å². The van der Waals surface area contributed by atoms with E-state index in [2.05, 4.69) is 11.0 Å². The Morgan fingerprint density at radius 2 is 1.23 bits per heavy atom. The number of rotatable bonds is 2. The maximum Gasteiger partial charge on any atom is 0.0374 e. The fourth-order valence-electron chi connectivity index (χ4n) is 2.12. The summed E-state index contributed by atoms with van der Waals surface area (Å²) in [6.07, 6.45) is 4.45. The number of fused-ring (bicyclic) bond motifs is 2. The standard InChI is InChI=1S/C9H14N2O2/c12-10-8-3-1-6-5-7(8)2-4-9(6)11-13/h10-13H,1-5H2. The summed E-state index contributed by atoms with van der Waals surface area (Å²) in [6, 6.07) is 0. The predicted octanol–water partition coefficient (Wildman–Crippen LogP) is 1.43. The van der Waals surface area contributed by atoms with Gasteiger partial charge in [-0.3, -0.25) is 21.4 Å². The molecule has 0 aromatic carbocycles. The number of hydrogen-bond donors (Lipinski definition) is 4. The Kier molecular flexibility index (Phi) is 2.24. The predicted molar refractivity (Wildman–Crippen MR) is 47.0 cm³/mol. The van der Waals surface area contributed by atoms with Crippen LogP contribution in [0.1, 0.15) is 32.1 Å². The van der Waals surface area contributed by atoms with Crippen LogP contribution in [0.5, 0.6) is 0 Å². The molecular weight excluding hydrogens is 168 g/mol. The van der Waals surface area contributed by atoms with Gasteiger partial charge in [0.15, 0.2) is 0 Å². The van der Waals surface area contributed by atoms with E-state index in [0.29, 0.717) is 0 Å². The molecule has 0 heterocycles. The van der Waals surface area contributed by atoms with Crippen LogP contribution < -0.4 is 11.0 Å². The lowest BCUT2D eigenvalue weighted by Crippen LogP contribution is -2.22. The number of allylic oxidation sites excluding steroid dienone is 4. The van der Waals surface area contributed by atoms with Crippen LogP contribution in [0.25, 0.3) is 0 Å². The van der Waals surface area contributed by atoms with Crippen LogP contribution in [0.15, 0.2) is 22.5 Å². The summed E-state index contributed by atoms with van der Waals surface area (Å²) < 4.78 is 0. The van der Waals surface area contributed by atoms with E-state index in [1.165, 1.54) is 11.1 Å². The van der Waals surface area contributed by atoms with E-state index in [-0.39, 0.29) is 0 Å². The van der Waals surface area contributed by atoms with Gasteiger partial charge in [0.2, 0.25) is 0 Å². The van der Waals surface area contributed by atoms with Gasteiger partial charge < -0.3 is 0 Å². The quantitative estimate of drug-likeness (QED) is 0.488. The van der Waals surface area contributed by atoms with Gasteiger partial charge in [-0.25, -0.2) is 0 Å². The van der Waals surface area contributed by atoms with Gasteiger partial charge in [0.05, 0.1) is 0 Å². The van der Waals surface area contributed by atoms with Crippen molar-refractivity contribution >= 4 is 0 Å². The lowest BCUT2D eigenvalue weighted by molar-refractivity contribution is 0.185. The molecule has 0 amide bonds. The minimum Gasteiger partial charge on any atom is -0.291 e. The molecular formula is C9H14N2O2. The molecule has 0 atom stereocenters. The van der Waals surface area contributed by atoms with Crippen molar-refractivity contribution in [1.29, 1.82) is 0 Å². The monoisotopic (exact) mass is 182 g/mol. The first kappa shape index (κ1) is 8.59. The molecule has 0 radical (unpaired) electrons. The van der Waals surface area contributed by atoms with Gasteiger partial charge in [0.25, 0.3) is 0 Å². The molecule has 0 aromatic heterocycles. The van der Waals surface area contributed by atoms with Gasteiger partial charge in [-0.15, -0.1) is 0 Å². The molecule has 4 heteroatoms. The summed E-state index contributed by atoms with van der Waals surface area (Å²) in [5.41, 5.74) is 9.04. The molecule has 0 saturated heterocycles. The van der Waals surface area contributed by atoms with Crippen LogP contribution in [0.2, 0.25) is 0 Å². The maximum absolute atomic E-state index is 8.84. The molecule has 0 fully saturated rings. The van der Waals surface area contributed by atoms with E-state index in [1.54, 1.807) is 0 Å². The van der Waals surface area contributed by atoms with Gasteiger partial charge in [-0.1, -0.05) is 0 Å². The molecule has 2 bridgehead atoms. The first-order valence-corrected chi connectivity index (χ1v) is 4.57. The van der Waals surface area contributed by atoms with Crippen molar-refractivity contribution in [1.82, 2.24) is 11.0 Å². The highest BCUT2D eigenvalue weighted by molar-refractivity contribution is 5.32. The van der Waals surface area contributed by atoms with Crippen molar-refractivity contribution in [2.75, 3.05) is 0 Å². The van der Waals surface area contributed by atoms with Gasteiger partial charge in [0.1, 0.15) is 0 Å². The average Bonchev–Trinajstić information content (AvgIpc) is 2.19. The largest absolute Gasteiger partial charge is 0.291 e. The van der Waals surface area contributed by atoms with E-state index in [9.17, 15) is 0 Å². The smallest absolute Gasteiger partial charge is 0.0374 e. The molecule has 2 rings (SSSR count). The minimum atomic E-state index is 0.854. The second kappa shape index (κ2) is 3.40. The zero-order valence-electron chi connectivity index (χ0n) is 7.43. The molecule has 2 aliphatic rings. The van der Waals surface area contributed by atoms with Gasteiger partial charge in [0, 0.05) is 11.4 Å². The maximum atomic E-state index is 8.84. The molecule has 0 unspecified atom stereocenters. The Morgan fingerprint density at radius 3 is 1.62 bits per heavy atom. The number of nitrogens with one attached hydrogen (secondary N) is 2. The van der Waals surface area contributed by atoms with Crippen molar-refractivity contribution < 1.29 is 10.4 Å². The van der Waals surface area contributed by atoms with E-state index in [4.69, 9.17) is 10.4 Å². The second-order valence-electron chi connectivity index (χ2n) is 3.56. The van der Waals surface area contributed by atoms with Crippen molar-refractivity contribution in [2.24, 2.45) is 0 Å². The van der Waals surface area contributed by atoms with Crippen LogP contribution in [0, 0.1) is 0 Å². The number of hydrogen-bond acceptors (Lipinski definition) is 4. The Labute approximate surface area is 76.9 Å². The molecule has 2 aliphatic carbocycles. The Balaban J connectivity index is 2.26. The molecule has 0 spiro atoms. The third-order valence-corrected chi connectivity index (χ3v) is 2.90. The SMILES string of the molecule is ONC1=C2CCC(NO)=C(CC1)C2. The summed E-state index contributed by atoms with van der Waals surface area (Å²) in [5, 5.41) is 17.7. The second-order valence-corrected chi connectivity index (χ2v) is 3.56. The Hall–Kier alpha value is -1.00. The lowest BCUT2D eigenvalue weighted by Gasteiger charge is -2.28. The molecule has 0 saturated carbocycles. The molecule has 0 aromatic rings. The summed E-state index contributed by atoms with van der Waals surface area (Å²) in [6.45, 7) is 0. The van der Waals surface area contributed by atoms with Gasteiger partial charge in [-0.05, 0) is 43.3 Å². The zero-order valence-corrected chi connectivity index (χ0v) is 7.43. The summed E-state index contributed by atoms with van der Waals surface area (Å²) in [7, 11) is 0. The summed E-state index contributed by atoms with van der Waals surface area (Å²) in [4.78, 5) is 0. The fraction of sp³-hybridized carbons (Fsp3) is 0.556.